The first-order valence-corrected chi connectivity index (χ1v) is 7.77. The molecule has 2 N–H and O–H groups in total. The van der Waals surface area contributed by atoms with Gasteiger partial charge < -0.3 is 9.84 Å². The molecule has 1 aromatic heterocycles. The minimum atomic E-state index is -1.05. The minimum Gasteiger partial charge on any atom is -0.481 e. The molecule has 0 radical (unpaired) electrons. The van der Waals surface area contributed by atoms with Gasteiger partial charge in [-0.05, 0) is 24.4 Å². The molecule has 0 aliphatic rings. The molecule has 0 aliphatic carbocycles. The number of hydrogen-bond acceptors (Lipinski definition) is 5. The lowest BCUT2D eigenvalue weighted by Crippen LogP contribution is -2.10. The van der Waals surface area contributed by atoms with Gasteiger partial charge in [0.25, 0.3) is 0 Å². The van der Waals surface area contributed by atoms with Crippen LogP contribution in [0.2, 0.25) is 0 Å². The standard InChI is InChI=1S/C17H14N4O3S/c22-15(23)11-24-14-9-5-4-8-13(14)10-18-21-16(19-20-17(21)25)12-6-2-1-3-7-12/h1-10H,11H2,(H,20,25)(H,22,23)/b18-10-. The molecule has 3 aromatic rings. The number of H-pyrrole nitrogens is 1. The summed E-state index contributed by atoms with van der Waals surface area (Å²) in [6.07, 6.45) is 1.55. The average Bonchev–Trinajstić information content (AvgIpc) is 3.00. The molecule has 126 valence electrons. The van der Waals surface area contributed by atoms with E-state index in [2.05, 4.69) is 15.3 Å². The summed E-state index contributed by atoms with van der Waals surface area (Å²) >= 11 is 5.23. The van der Waals surface area contributed by atoms with E-state index in [1.165, 1.54) is 4.68 Å². The monoisotopic (exact) mass is 354 g/mol. The Hall–Kier alpha value is -3.26. The molecule has 0 saturated heterocycles. The Morgan fingerprint density at radius 1 is 1.24 bits per heavy atom. The molecule has 0 fully saturated rings. The molecule has 7 nitrogen and oxygen atoms in total. The van der Waals surface area contributed by atoms with E-state index in [9.17, 15) is 4.79 Å². The number of ether oxygens (including phenoxy) is 1. The average molecular weight is 354 g/mol. The SMILES string of the molecule is O=C(O)COc1ccccc1/C=N\n1c(-c2ccccc2)n[nH]c1=S. The molecular formula is C17H14N4O3S. The number of aromatic amines is 1. The van der Waals surface area contributed by atoms with Crippen molar-refractivity contribution in [2.75, 3.05) is 6.61 Å². The van der Waals surface area contributed by atoms with Crippen molar-refractivity contribution in [3.05, 3.63) is 64.9 Å². The summed E-state index contributed by atoms with van der Waals surface area (Å²) < 4.78 is 7.11. The first-order valence-electron chi connectivity index (χ1n) is 7.36. The van der Waals surface area contributed by atoms with Crippen LogP contribution in [0, 0.1) is 4.77 Å². The van der Waals surface area contributed by atoms with Gasteiger partial charge >= 0.3 is 5.97 Å². The Kier molecular flexibility index (Phi) is 5.00. The molecule has 8 heteroatoms. The second kappa shape index (κ2) is 7.54. The fourth-order valence-corrected chi connectivity index (χ4v) is 2.33. The van der Waals surface area contributed by atoms with Gasteiger partial charge in [0, 0.05) is 11.1 Å². The molecular weight excluding hydrogens is 340 g/mol. The number of hydrogen-bond donors (Lipinski definition) is 2. The largest absolute Gasteiger partial charge is 0.481 e. The van der Waals surface area contributed by atoms with Crippen LogP contribution in [0.25, 0.3) is 11.4 Å². The van der Waals surface area contributed by atoms with E-state index >= 15 is 0 Å². The quantitative estimate of drug-likeness (QED) is 0.524. The van der Waals surface area contributed by atoms with E-state index in [1.807, 2.05) is 36.4 Å². The highest BCUT2D eigenvalue weighted by Crippen LogP contribution is 2.18. The maximum Gasteiger partial charge on any atom is 0.341 e. The number of carboxylic acids is 1. The zero-order chi connectivity index (χ0) is 17.6. The van der Waals surface area contributed by atoms with Crippen molar-refractivity contribution < 1.29 is 14.6 Å². The Morgan fingerprint density at radius 2 is 1.96 bits per heavy atom. The first-order chi connectivity index (χ1) is 12.1. The molecule has 0 amide bonds. The van der Waals surface area contributed by atoms with Crippen molar-refractivity contribution in [2.45, 2.75) is 0 Å². The predicted octanol–water partition coefficient (Wildman–Crippen LogP) is 2.95. The normalized spacial score (nSPS) is 10.9. The highest BCUT2D eigenvalue weighted by Gasteiger charge is 2.08. The van der Waals surface area contributed by atoms with Crippen LogP contribution < -0.4 is 4.74 Å². The number of carbonyl (C=O) groups is 1. The lowest BCUT2D eigenvalue weighted by molar-refractivity contribution is -0.139. The highest BCUT2D eigenvalue weighted by molar-refractivity contribution is 7.71. The van der Waals surface area contributed by atoms with Crippen LogP contribution in [0.4, 0.5) is 0 Å². The van der Waals surface area contributed by atoms with Crippen molar-refractivity contribution in [2.24, 2.45) is 5.10 Å². The molecule has 0 bridgehead atoms. The highest BCUT2D eigenvalue weighted by atomic mass is 32.1. The fourth-order valence-electron chi connectivity index (χ4n) is 2.15. The second-order valence-electron chi connectivity index (χ2n) is 5.00. The summed E-state index contributed by atoms with van der Waals surface area (Å²) in [4.78, 5) is 10.7. The van der Waals surface area contributed by atoms with Crippen LogP contribution in [0.1, 0.15) is 5.56 Å². The van der Waals surface area contributed by atoms with Crippen LogP contribution in [0.15, 0.2) is 59.7 Å². The van der Waals surface area contributed by atoms with Crippen molar-refractivity contribution in [1.82, 2.24) is 14.9 Å². The van der Waals surface area contributed by atoms with Gasteiger partial charge in [-0.2, -0.15) is 14.9 Å². The number of nitrogens with zero attached hydrogens (tertiary/aromatic N) is 3. The molecule has 1 heterocycles. The number of carboxylic acid groups (broad SMARTS) is 1. The van der Waals surface area contributed by atoms with E-state index in [1.54, 1.807) is 24.4 Å². The number of aliphatic carboxylic acids is 1. The zero-order valence-electron chi connectivity index (χ0n) is 13.0. The fraction of sp³-hybridized carbons (Fsp3) is 0.0588. The van der Waals surface area contributed by atoms with E-state index < -0.39 is 12.6 Å². The van der Waals surface area contributed by atoms with Gasteiger partial charge in [0.2, 0.25) is 4.77 Å². The summed E-state index contributed by atoms with van der Waals surface area (Å²) in [5.74, 6) is -0.0501. The van der Waals surface area contributed by atoms with Crippen LogP contribution >= 0.6 is 12.2 Å². The van der Waals surface area contributed by atoms with Crippen molar-refractivity contribution in [1.29, 1.82) is 0 Å². The van der Waals surface area contributed by atoms with Crippen LogP contribution in [-0.4, -0.2) is 38.8 Å². The van der Waals surface area contributed by atoms with Gasteiger partial charge in [-0.25, -0.2) is 9.89 Å². The van der Waals surface area contributed by atoms with Gasteiger partial charge in [0.05, 0.1) is 6.21 Å². The molecule has 0 spiro atoms. The molecule has 3 rings (SSSR count). The third-order valence-electron chi connectivity index (χ3n) is 3.26. The molecule has 0 saturated carbocycles. The third-order valence-corrected chi connectivity index (χ3v) is 3.53. The summed E-state index contributed by atoms with van der Waals surface area (Å²) in [6, 6.07) is 16.5. The minimum absolute atomic E-state index is 0.346. The first kappa shape index (κ1) is 16.6. The molecule has 0 atom stereocenters. The van der Waals surface area contributed by atoms with Crippen molar-refractivity contribution in [3.8, 4) is 17.1 Å². The van der Waals surface area contributed by atoms with Crippen LogP contribution in [0.5, 0.6) is 5.75 Å². The molecule has 0 unspecified atom stereocenters. The number of aromatic nitrogens is 3. The van der Waals surface area contributed by atoms with E-state index in [0.29, 0.717) is 21.9 Å². The smallest absolute Gasteiger partial charge is 0.341 e. The van der Waals surface area contributed by atoms with Gasteiger partial charge in [0.15, 0.2) is 12.4 Å². The van der Waals surface area contributed by atoms with Gasteiger partial charge in [-0.3, -0.25) is 0 Å². The van der Waals surface area contributed by atoms with E-state index in [4.69, 9.17) is 22.1 Å². The van der Waals surface area contributed by atoms with Crippen molar-refractivity contribution in [3.63, 3.8) is 0 Å². The third kappa shape index (κ3) is 3.99. The molecule has 2 aromatic carbocycles. The Bertz CT molecular complexity index is 963. The Balaban J connectivity index is 1.93. The maximum atomic E-state index is 10.7. The zero-order valence-corrected chi connectivity index (χ0v) is 13.8. The maximum absolute atomic E-state index is 10.7. The molecule has 25 heavy (non-hydrogen) atoms. The Morgan fingerprint density at radius 3 is 2.72 bits per heavy atom. The van der Waals surface area contributed by atoms with Gasteiger partial charge in [-0.15, -0.1) is 0 Å². The summed E-state index contributed by atoms with van der Waals surface area (Å²) in [5, 5.41) is 20.0. The van der Waals surface area contributed by atoms with Crippen LogP contribution in [-0.2, 0) is 4.79 Å². The summed E-state index contributed by atoms with van der Waals surface area (Å²) in [6.45, 7) is -0.425. The molecule has 0 aliphatic heterocycles. The predicted molar refractivity (Wildman–Crippen MR) is 95.4 cm³/mol. The lowest BCUT2D eigenvalue weighted by atomic mass is 10.2. The van der Waals surface area contributed by atoms with E-state index in [0.717, 1.165) is 5.56 Å². The number of nitrogens with one attached hydrogen (secondary N) is 1. The number of rotatable bonds is 6. The van der Waals surface area contributed by atoms with E-state index in [-0.39, 0.29) is 0 Å². The van der Waals surface area contributed by atoms with Gasteiger partial charge in [0.1, 0.15) is 5.75 Å². The summed E-state index contributed by atoms with van der Waals surface area (Å²) in [5.41, 5.74) is 1.49. The summed E-state index contributed by atoms with van der Waals surface area (Å²) in [7, 11) is 0. The van der Waals surface area contributed by atoms with Crippen LogP contribution in [0.3, 0.4) is 0 Å². The van der Waals surface area contributed by atoms with Crippen molar-refractivity contribution >= 4 is 24.4 Å². The Labute approximate surface area is 148 Å². The topological polar surface area (TPSA) is 92.5 Å². The lowest BCUT2D eigenvalue weighted by Gasteiger charge is -2.06. The number of benzene rings is 2. The second-order valence-corrected chi connectivity index (χ2v) is 5.38. The van der Waals surface area contributed by atoms with Gasteiger partial charge in [-0.1, -0.05) is 42.5 Å². The number of para-hydroxylation sites is 1.